The molecule has 0 aliphatic rings. The number of carbonyl (C=O) groups is 2. The molecule has 0 bridgehead atoms. The van der Waals surface area contributed by atoms with Gasteiger partial charge in [-0.3, -0.25) is 19.1 Å². The summed E-state index contributed by atoms with van der Waals surface area (Å²) in [6.07, 6.45) is 5.15. The van der Waals surface area contributed by atoms with Crippen LogP contribution in [0, 0.1) is 0 Å². The average Bonchev–Trinajstić information content (AvgIpc) is 3.11. The molecule has 2 aromatic heterocycles. The molecular weight excluding hydrogens is 386 g/mol. The molecule has 0 saturated heterocycles. The maximum absolute atomic E-state index is 12.6. The van der Waals surface area contributed by atoms with Gasteiger partial charge < -0.3 is 5.32 Å². The molecule has 0 spiro atoms. The van der Waals surface area contributed by atoms with Crippen LogP contribution in [0.3, 0.4) is 0 Å². The van der Waals surface area contributed by atoms with E-state index in [1.54, 1.807) is 49.7 Å². The Morgan fingerprint density at radius 3 is 2.69 bits per heavy atom. The molecule has 148 valence electrons. The quantitative estimate of drug-likeness (QED) is 0.347. The van der Waals surface area contributed by atoms with Crippen molar-refractivity contribution >= 4 is 29.1 Å². The minimum absolute atomic E-state index is 0.0512. The van der Waals surface area contributed by atoms with Crippen LogP contribution < -0.4 is 5.32 Å². The summed E-state index contributed by atoms with van der Waals surface area (Å²) in [5, 5.41) is 11.6. The Hall–Kier alpha value is -3.26. The zero-order valence-corrected chi connectivity index (χ0v) is 17.0. The van der Waals surface area contributed by atoms with Crippen molar-refractivity contribution in [3.63, 3.8) is 0 Å². The number of benzene rings is 1. The summed E-state index contributed by atoms with van der Waals surface area (Å²) in [6.45, 7) is 7.61. The number of Topliss-reactive ketones (excluding diaryl/α,β-unsaturated/α-hetero) is 1. The number of hydrogen-bond donors (Lipinski definition) is 1. The summed E-state index contributed by atoms with van der Waals surface area (Å²) in [5.74, 6) is 0.454. The summed E-state index contributed by atoms with van der Waals surface area (Å²) < 4.78 is 1.91. The van der Waals surface area contributed by atoms with Crippen LogP contribution in [-0.2, 0) is 11.3 Å². The van der Waals surface area contributed by atoms with E-state index < -0.39 is 5.25 Å². The van der Waals surface area contributed by atoms with E-state index in [0.29, 0.717) is 28.8 Å². The SMILES string of the molecule is C=CCn1c(S[C@@H](C)C(=O)Nc2cccc(C(C)=O)c2)nnc1-c1ccncc1. The lowest BCUT2D eigenvalue weighted by atomic mass is 10.1. The Kier molecular flexibility index (Phi) is 6.56. The number of aromatic nitrogens is 4. The van der Waals surface area contributed by atoms with Crippen molar-refractivity contribution in [2.45, 2.75) is 30.8 Å². The van der Waals surface area contributed by atoms with E-state index in [2.05, 4.69) is 27.1 Å². The number of ketones is 1. The number of nitrogens with one attached hydrogen (secondary N) is 1. The largest absolute Gasteiger partial charge is 0.325 e. The lowest BCUT2D eigenvalue weighted by molar-refractivity contribution is -0.115. The highest BCUT2D eigenvalue weighted by Crippen LogP contribution is 2.27. The van der Waals surface area contributed by atoms with Crippen molar-refractivity contribution in [2.75, 3.05) is 5.32 Å². The van der Waals surface area contributed by atoms with E-state index in [-0.39, 0.29) is 11.7 Å². The van der Waals surface area contributed by atoms with Crippen LogP contribution in [0.4, 0.5) is 5.69 Å². The maximum Gasteiger partial charge on any atom is 0.237 e. The van der Waals surface area contributed by atoms with Gasteiger partial charge in [0.1, 0.15) is 0 Å². The van der Waals surface area contributed by atoms with Crippen LogP contribution in [0.15, 0.2) is 66.6 Å². The number of nitrogens with zero attached hydrogens (tertiary/aromatic N) is 4. The Morgan fingerprint density at radius 1 is 1.24 bits per heavy atom. The van der Waals surface area contributed by atoms with Gasteiger partial charge in [-0.1, -0.05) is 30.0 Å². The van der Waals surface area contributed by atoms with E-state index in [1.807, 2.05) is 16.7 Å². The lowest BCUT2D eigenvalue weighted by Crippen LogP contribution is -2.23. The zero-order chi connectivity index (χ0) is 20.8. The van der Waals surface area contributed by atoms with Gasteiger partial charge >= 0.3 is 0 Å². The number of carbonyl (C=O) groups excluding carboxylic acids is 2. The van der Waals surface area contributed by atoms with E-state index in [9.17, 15) is 9.59 Å². The number of anilines is 1. The number of hydrogen-bond acceptors (Lipinski definition) is 6. The molecule has 0 radical (unpaired) electrons. The molecule has 0 aliphatic carbocycles. The monoisotopic (exact) mass is 407 g/mol. The molecule has 2 heterocycles. The van der Waals surface area contributed by atoms with Gasteiger partial charge in [0.15, 0.2) is 16.8 Å². The fourth-order valence-electron chi connectivity index (χ4n) is 2.66. The van der Waals surface area contributed by atoms with E-state index >= 15 is 0 Å². The first-order chi connectivity index (χ1) is 14.0. The molecule has 1 aromatic carbocycles. The molecule has 8 heteroatoms. The first-order valence-corrected chi connectivity index (χ1v) is 9.90. The molecule has 0 unspecified atom stereocenters. The Morgan fingerprint density at radius 2 is 2.00 bits per heavy atom. The lowest BCUT2D eigenvalue weighted by Gasteiger charge is -2.13. The van der Waals surface area contributed by atoms with Gasteiger partial charge in [0.2, 0.25) is 5.91 Å². The molecule has 29 heavy (non-hydrogen) atoms. The second-order valence-electron chi connectivity index (χ2n) is 6.33. The first kappa shape index (κ1) is 20.5. The topological polar surface area (TPSA) is 89.8 Å². The van der Waals surface area contributed by atoms with Crippen LogP contribution in [0.1, 0.15) is 24.2 Å². The molecule has 1 atom stereocenters. The van der Waals surface area contributed by atoms with Gasteiger partial charge in [0, 0.05) is 35.8 Å². The Labute approximate surface area is 173 Å². The van der Waals surface area contributed by atoms with Crippen molar-refractivity contribution in [3.8, 4) is 11.4 Å². The molecule has 0 saturated carbocycles. The van der Waals surface area contributed by atoms with Crippen LogP contribution in [0.25, 0.3) is 11.4 Å². The molecule has 3 aromatic rings. The number of pyridine rings is 1. The maximum atomic E-state index is 12.6. The molecule has 0 fully saturated rings. The third-order valence-corrected chi connectivity index (χ3v) is 5.24. The zero-order valence-electron chi connectivity index (χ0n) is 16.2. The van der Waals surface area contributed by atoms with Gasteiger partial charge in [-0.25, -0.2) is 0 Å². The van der Waals surface area contributed by atoms with E-state index in [1.165, 1.54) is 18.7 Å². The second-order valence-corrected chi connectivity index (χ2v) is 7.64. The molecule has 0 aliphatic heterocycles. The normalized spacial score (nSPS) is 11.7. The van der Waals surface area contributed by atoms with Gasteiger partial charge in [-0.15, -0.1) is 16.8 Å². The number of thioether (sulfide) groups is 1. The van der Waals surface area contributed by atoms with Crippen molar-refractivity contribution in [3.05, 3.63) is 67.0 Å². The highest BCUT2D eigenvalue weighted by Gasteiger charge is 2.20. The summed E-state index contributed by atoms with van der Waals surface area (Å²) >= 11 is 1.31. The number of allylic oxidation sites excluding steroid dienone is 1. The predicted molar refractivity (Wildman–Crippen MR) is 114 cm³/mol. The fourth-order valence-corrected chi connectivity index (χ4v) is 3.51. The standard InChI is InChI=1S/C21H21N5O2S/c1-4-12-26-19(16-8-10-22-11-9-16)24-25-21(26)29-15(3)20(28)23-18-7-5-6-17(13-18)14(2)27/h4-11,13,15H,1,12H2,2-3H3,(H,23,28)/t15-/m0/s1. The van der Waals surface area contributed by atoms with Crippen molar-refractivity contribution in [2.24, 2.45) is 0 Å². The van der Waals surface area contributed by atoms with Crippen LogP contribution in [0.2, 0.25) is 0 Å². The van der Waals surface area contributed by atoms with Gasteiger partial charge in [-0.2, -0.15) is 0 Å². The van der Waals surface area contributed by atoms with Crippen molar-refractivity contribution in [1.29, 1.82) is 0 Å². The van der Waals surface area contributed by atoms with E-state index in [4.69, 9.17) is 0 Å². The van der Waals surface area contributed by atoms with Crippen molar-refractivity contribution < 1.29 is 9.59 Å². The summed E-state index contributed by atoms with van der Waals surface area (Å²) in [7, 11) is 0. The van der Waals surface area contributed by atoms with Gasteiger partial charge in [0.25, 0.3) is 0 Å². The summed E-state index contributed by atoms with van der Waals surface area (Å²) in [5.41, 5.74) is 2.02. The van der Waals surface area contributed by atoms with Crippen LogP contribution in [-0.4, -0.2) is 36.7 Å². The summed E-state index contributed by atoms with van der Waals surface area (Å²) in [6, 6.07) is 10.6. The Bertz CT molecular complexity index is 1030. The van der Waals surface area contributed by atoms with Crippen LogP contribution in [0.5, 0.6) is 0 Å². The number of amides is 1. The fraction of sp³-hybridized carbons (Fsp3) is 0.190. The number of rotatable bonds is 8. The molecular formula is C21H21N5O2S. The highest BCUT2D eigenvalue weighted by atomic mass is 32.2. The summed E-state index contributed by atoms with van der Waals surface area (Å²) in [4.78, 5) is 28.2. The Balaban J connectivity index is 1.76. The smallest absolute Gasteiger partial charge is 0.237 e. The van der Waals surface area contributed by atoms with E-state index in [0.717, 1.165) is 5.56 Å². The molecule has 7 nitrogen and oxygen atoms in total. The predicted octanol–water partition coefficient (Wildman–Crippen LogP) is 3.85. The molecule has 3 rings (SSSR count). The second kappa shape index (κ2) is 9.29. The molecule has 1 amide bonds. The third kappa shape index (κ3) is 4.97. The minimum Gasteiger partial charge on any atom is -0.325 e. The minimum atomic E-state index is -0.422. The van der Waals surface area contributed by atoms with Crippen LogP contribution >= 0.6 is 11.8 Å². The van der Waals surface area contributed by atoms with Gasteiger partial charge in [0.05, 0.1) is 5.25 Å². The third-order valence-electron chi connectivity index (χ3n) is 4.16. The van der Waals surface area contributed by atoms with Gasteiger partial charge in [-0.05, 0) is 38.1 Å². The van der Waals surface area contributed by atoms with Crippen molar-refractivity contribution in [1.82, 2.24) is 19.7 Å². The first-order valence-electron chi connectivity index (χ1n) is 9.02. The molecule has 1 N–H and O–H groups in total. The highest BCUT2D eigenvalue weighted by molar-refractivity contribution is 8.00. The average molecular weight is 407 g/mol.